The molecule has 2 saturated heterocycles. The summed E-state index contributed by atoms with van der Waals surface area (Å²) in [6, 6.07) is -2.11. The fourth-order valence-electron chi connectivity index (χ4n) is 4.84. The van der Waals surface area contributed by atoms with Crippen LogP contribution in [0.25, 0.3) is 0 Å². The van der Waals surface area contributed by atoms with Crippen molar-refractivity contribution in [2.24, 2.45) is 11.3 Å². The van der Waals surface area contributed by atoms with Crippen LogP contribution in [-0.4, -0.2) is 126 Å². The molecule has 5 atom stereocenters. The smallest absolute Gasteiger partial charge is 0.323 e. The Labute approximate surface area is 256 Å². The summed E-state index contributed by atoms with van der Waals surface area (Å²) in [5, 5.41) is 11.9. The largest absolute Gasteiger partial charge is 0.459 e. The topological polar surface area (TPSA) is 157 Å². The van der Waals surface area contributed by atoms with Gasteiger partial charge in [0, 0.05) is 19.5 Å². The molecular weight excluding hydrogens is 558 g/mol. The predicted molar refractivity (Wildman–Crippen MR) is 161 cm³/mol. The summed E-state index contributed by atoms with van der Waals surface area (Å²) in [5.74, 6) is -1.22. The lowest BCUT2D eigenvalue weighted by Crippen LogP contribution is -2.58. The van der Waals surface area contributed by atoms with Crippen LogP contribution in [0.15, 0.2) is 0 Å². The second-order valence-electron chi connectivity index (χ2n) is 12.5. The van der Waals surface area contributed by atoms with Crippen molar-refractivity contribution in [3.05, 3.63) is 0 Å². The maximum absolute atomic E-state index is 14.0. The van der Waals surface area contributed by atoms with Crippen LogP contribution in [0, 0.1) is 11.3 Å². The molecule has 13 heteroatoms. The quantitative estimate of drug-likeness (QED) is 0.117. The van der Waals surface area contributed by atoms with E-state index in [-0.39, 0.29) is 50.0 Å². The Morgan fingerprint density at radius 1 is 1.02 bits per heavy atom. The minimum Gasteiger partial charge on any atom is -0.459 e. The van der Waals surface area contributed by atoms with E-state index in [0.717, 1.165) is 25.9 Å². The van der Waals surface area contributed by atoms with Crippen molar-refractivity contribution in [3.63, 3.8) is 0 Å². The molecule has 0 aromatic heterocycles. The highest BCUT2D eigenvalue weighted by atomic mass is 16.6. The van der Waals surface area contributed by atoms with Crippen molar-refractivity contribution in [3.8, 4) is 0 Å². The van der Waals surface area contributed by atoms with E-state index in [0.29, 0.717) is 39.4 Å². The van der Waals surface area contributed by atoms with Gasteiger partial charge in [-0.05, 0) is 37.8 Å². The molecule has 2 heterocycles. The van der Waals surface area contributed by atoms with Gasteiger partial charge in [0.15, 0.2) is 0 Å². The van der Waals surface area contributed by atoms with Crippen LogP contribution >= 0.6 is 0 Å². The number of rotatable bonds is 19. The summed E-state index contributed by atoms with van der Waals surface area (Å²) < 4.78 is 22.0. The normalized spacial score (nSPS) is 21.8. The van der Waals surface area contributed by atoms with Crippen LogP contribution in [0.2, 0.25) is 0 Å². The second kappa shape index (κ2) is 19.1. The van der Waals surface area contributed by atoms with Crippen LogP contribution < -0.4 is 21.3 Å². The first-order valence-electron chi connectivity index (χ1n) is 15.7. The number of nitrogens with one attached hydrogen (secondary N) is 4. The number of likely N-dealkylation sites (N-methyl/N-ethyl adjacent to an activating group) is 1. The number of ether oxygens (including phenoxy) is 4. The Hall–Kier alpha value is -2.32. The van der Waals surface area contributed by atoms with Gasteiger partial charge in [-0.2, -0.15) is 0 Å². The molecular formula is C30H55N5O8. The number of likely N-dealkylation sites (tertiary alicyclic amines) is 1. The van der Waals surface area contributed by atoms with Crippen LogP contribution in [0.3, 0.4) is 0 Å². The SMILES string of the molecule is CCC(C)CNC(=O)C1CC(OC(=O)C2CCCN2)CN1C(=O)C(NC(=O)COCCOCCOCCNC)C(C)(C)C. The molecule has 0 bridgehead atoms. The molecule has 0 aliphatic carbocycles. The zero-order chi connectivity index (χ0) is 31.8. The number of hydrogen-bond acceptors (Lipinski definition) is 10. The highest BCUT2D eigenvalue weighted by Gasteiger charge is 2.46. The van der Waals surface area contributed by atoms with Crippen molar-refractivity contribution >= 4 is 23.7 Å². The van der Waals surface area contributed by atoms with E-state index in [2.05, 4.69) is 21.3 Å². The number of esters is 1. The van der Waals surface area contributed by atoms with Crippen LogP contribution in [-0.2, 0) is 38.1 Å². The molecule has 0 radical (unpaired) electrons. The average molecular weight is 614 g/mol. The van der Waals surface area contributed by atoms with Gasteiger partial charge in [-0.15, -0.1) is 0 Å². The zero-order valence-electron chi connectivity index (χ0n) is 27.0. The van der Waals surface area contributed by atoms with Gasteiger partial charge >= 0.3 is 5.97 Å². The molecule has 2 fully saturated rings. The predicted octanol–water partition coefficient (Wildman–Crippen LogP) is 0.214. The Morgan fingerprint density at radius 3 is 2.30 bits per heavy atom. The number of carbonyl (C=O) groups is 4. The minimum absolute atomic E-state index is 0.0771. The highest BCUT2D eigenvalue weighted by molar-refractivity contribution is 5.93. The Kier molecular flexibility index (Phi) is 16.4. The fraction of sp³-hybridized carbons (Fsp3) is 0.867. The zero-order valence-corrected chi connectivity index (χ0v) is 27.0. The van der Waals surface area contributed by atoms with Gasteiger partial charge in [0.05, 0.1) is 39.6 Å². The molecule has 43 heavy (non-hydrogen) atoms. The van der Waals surface area contributed by atoms with Crippen LogP contribution in [0.1, 0.15) is 60.3 Å². The molecule has 0 spiro atoms. The molecule has 0 saturated carbocycles. The van der Waals surface area contributed by atoms with E-state index < -0.39 is 35.4 Å². The number of carbonyl (C=O) groups excluding carboxylic acids is 4. The van der Waals surface area contributed by atoms with Gasteiger partial charge in [-0.25, -0.2) is 0 Å². The molecule has 0 aromatic carbocycles. The van der Waals surface area contributed by atoms with Crippen molar-refractivity contribution in [2.75, 3.05) is 72.9 Å². The number of amides is 3. The Morgan fingerprint density at radius 2 is 1.70 bits per heavy atom. The summed E-state index contributed by atoms with van der Waals surface area (Å²) in [7, 11) is 1.86. The first-order valence-corrected chi connectivity index (χ1v) is 15.7. The first-order chi connectivity index (χ1) is 20.5. The lowest BCUT2D eigenvalue weighted by Gasteiger charge is -2.35. The minimum atomic E-state index is -0.926. The Bertz CT molecular complexity index is 877. The average Bonchev–Trinajstić information content (AvgIpc) is 3.65. The summed E-state index contributed by atoms with van der Waals surface area (Å²) in [4.78, 5) is 54.2. The third-order valence-corrected chi connectivity index (χ3v) is 7.69. The van der Waals surface area contributed by atoms with Gasteiger partial charge in [0.1, 0.15) is 30.8 Å². The van der Waals surface area contributed by atoms with Gasteiger partial charge in [-0.1, -0.05) is 41.0 Å². The molecule has 4 N–H and O–H groups in total. The van der Waals surface area contributed by atoms with E-state index in [1.165, 1.54) is 4.90 Å². The first kappa shape index (κ1) is 36.9. The van der Waals surface area contributed by atoms with E-state index in [1.807, 2.05) is 41.7 Å². The lowest BCUT2D eigenvalue weighted by atomic mass is 9.85. The van der Waals surface area contributed by atoms with Gasteiger partial charge in [0.2, 0.25) is 17.7 Å². The monoisotopic (exact) mass is 613 g/mol. The Balaban J connectivity index is 1.97. The van der Waals surface area contributed by atoms with Crippen molar-refractivity contribution in [1.29, 1.82) is 0 Å². The summed E-state index contributed by atoms with van der Waals surface area (Å²) >= 11 is 0. The molecule has 0 aromatic rings. The summed E-state index contributed by atoms with van der Waals surface area (Å²) in [6.07, 6.45) is 2.08. The lowest BCUT2D eigenvalue weighted by molar-refractivity contribution is -0.151. The van der Waals surface area contributed by atoms with Gasteiger partial charge in [0.25, 0.3) is 0 Å². The second-order valence-corrected chi connectivity index (χ2v) is 12.5. The third-order valence-electron chi connectivity index (χ3n) is 7.69. The fourth-order valence-corrected chi connectivity index (χ4v) is 4.84. The van der Waals surface area contributed by atoms with E-state index >= 15 is 0 Å². The number of hydrogen-bond donors (Lipinski definition) is 4. The molecule has 5 unspecified atom stereocenters. The van der Waals surface area contributed by atoms with Gasteiger partial charge < -0.3 is 45.1 Å². The summed E-state index contributed by atoms with van der Waals surface area (Å²) in [6.45, 7) is 13.5. The van der Waals surface area contributed by atoms with Crippen molar-refractivity contribution in [2.45, 2.75) is 84.5 Å². The van der Waals surface area contributed by atoms with Crippen molar-refractivity contribution < 1.29 is 38.1 Å². The maximum atomic E-state index is 14.0. The molecule has 2 rings (SSSR count). The van der Waals surface area contributed by atoms with E-state index in [4.69, 9.17) is 18.9 Å². The third kappa shape index (κ3) is 13.1. The van der Waals surface area contributed by atoms with E-state index in [1.54, 1.807) is 0 Å². The highest BCUT2D eigenvalue weighted by Crippen LogP contribution is 2.28. The van der Waals surface area contributed by atoms with E-state index in [9.17, 15) is 19.2 Å². The summed E-state index contributed by atoms with van der Waals surface area (Å²) in [5.41, 5.74) is -0.663. The molecule has 2 aliphatic rings. The van der Waals surface area contributed by atoms with Crippen LogP contribution in [0.4, 0.5) is 0 Å². The van der Waals surface area contributed by atoms with Crippen molar-refractivity contribution in [1.82, 2.24) is 26.2 Å². The standard InChI is InChI=1S/C30H55N5O8/c1-7-21(2)18-33-27(37)24-17-22(43-29(39)23-9-8-10-32-23)19-35(24)28(38)26(30(3,4)5)34-25(36)20-42-16-15-41-14-13-40-12-11-31-6/h21-24,26,31-32H,7-20H2,1-6H3,(H,33,37)(H,34,36). The molecule has 2 aliphatic heterocycles. The van der Waals surface area contributed by atoms with Gasteiger partial charge in [-0.3, -0.25) is 19.2 Å². The number of nitrogens with zero attached hydrogens (tertiary/aromatic N) is 1. The maximum Gasteiger partial charge on any atom is 0.323 e. The molecule has 3 amide bonds. The molecule has 13 nitrogen and oxygen atoms in total. The molecule has 248 valence electrons. The van der Waals surface area contributed by atoms with Crippen LogP contribution in [0.5, 0.6) is 0 Å².